The lowest BCUT2D eigenvalue weighted by molar-refractivity contribution is -0.138. The number of rotatable bonds is 9. The van der Waals surface area contributed by atoms with Crippen molar-refractivity contribution in [3.05, 3.63) is 29.8 Å². The minimum absolute atomic E-state index is 0.0264. The number of guanidine groups is 1. The molecule has 154 valence electrons. The highest BCUT2D eigenvalue weighted by atomic mass is 32.2. The molecular formula is C17H26F3N3O3S. The third-order valence-electron chi connectivity index (χ3n) is 3.46. The van der Waals surface area contributed by atoms with Crippen LogP contribution in [0.15, 0.2) is 29.3 Å². The number of halogens is 3. The molecule has 0 radical (unpaired) electrons. The molecule has 0 fully saturated rings. The summed E-state index contributed by atoms with van der Waals surface area (Å²) >= 11 is 0. The number of hydrogen-bond acceptors (Lipinski definition) is 4. The summed E-state index contributed by atoms with van der Waals surface area (Å²) < 4.78 is 66.4. The van der Waals surface area contributed by atoms with Crippen LogP contribution in [-0.4, -0.2) is 52.1 Å². The first kappa shape index (κ1) is 23.1. The lowest BCUT2D eigenvalue weighted by atomic mass is 10.2. The summed E-state index contributed by atoms with van der Waals surface area (Å²) in [5.41, 5.74) is -0.826. The summed E-state index contributed by atoms with van der Waals surface area (Å²) in [6.07, 6.45) is -2.89. The minimum atomic E-state index is -4.48. The van der Waals surface area contributed by atoms with Crippen molar-refractivity contribution in [1.82, 2.24) is 10.6 Å². The van der Waals surface area contributed by atoms with Crippen molar-refractivity contribution < 1.29 is 26.3 Å². The number of hydrogen-bond donors (Lipinski definition) is 2. The van der Waals surface area contributed by atoms with Gasteiger partial charge in [-0.25, -0.2) is 13.4 Å². The summed E-state index contributed by atoms with van der Waals surface area (Å²) in [7, 11) is -3.05. The number of para-hydroxylation sites is 1. The van der Waals surface area contributed by atoms with Gasteiger partial charge in [0.05, 0.1) is 17.9 Å². The minimum Gasteiger partial charge on any atom is -0.491 e. The highest BCUT2D eigenvalue weighted by molar-refractivity contribution is 7.90. The highest BCUT2D eigenvalue weighted by Gasteiger charge is 2.33. The van der Waals surface area contributed by atoms with Crippen molar-refractivity contribution >= 4 is 15.8 Å². The van der Waals surface area contributed by atoms with E-state index >= 15 is 0 Å². The van der Waals surface area contributed by atoms with Gasteiger partial charge in [-0.3, -0.25) is 0 Å². The molecule has 0 amide bonds. The van der Waals surface area contributed by atoms with E-state index in [0.29, 0.717) is 18.9 Å². The Bertz CT molecular complexity index is 722. The quantitative estimate of drug-likeness (QED) is 0.372. The fourth-order valence-corrected chi connectivity index (χ4v) is 2.94. The van der Waals surface area contributed by atoms with Crippen molar-refractivity contribution in [3.63, 3.8) is 0 Å². The Labute approximate surface area is 158 Å². The largest absolute Gasteiger partial charge is 0.491 e. The highest BCUT2D eigenvalue weighted by Crippen LogP contribution is 2.35. The van der Waals surface area contributed by atoms with E-state index in [9.17, 15) is 21.6 Å². The zero-order chi connectivity index (χ0) is 20.5. The van der Waals surface area contributed by atoms with Crippen LogP contribution in [-0.2, 0) is 16.0 Å². The maximum Gasteiger partial charge on any atom is 0.419 e. The summed E-state index contributed by atoms with van der Waals surface area (Å²) in [6, 6.07) is 4.88. The standard InChI is InChI=1S/C17H26F3N3O3S/c1-4-21-16(23-13(2)9-12-27(3,24)25)22-10-11-26-15-8-6-5-7-14(15)17(18,19)20/h5-8,13H,4,9-12H2,1-3H3,(H2,21,22,23). The Hall–Kier alpha value is -1.97. The maximum atomic E-state index is 12.9. The number of sulfone groups is 1. The van der Waals surface area contributed by atoms with Gasteiger partial charge in [-0.2, -0.15) is 13.2 Å². The van der Waals surface area contributed by atoms with Gasteiger partial charge in [0.25, 0.3) is 0 Å². The molecule has 1 atom stereocenters. The number of alkyl halides is 3. The third-order valence-corrected chi connectivity index (χ3v) is 4.44. The van der Waals surface area contributed by atoms with Crippen LogP contribution in [0.25, 0.3) is 0 Å². The number of aliphatic imine (C=N–C) groups is 1. The van der Waals surface area contributed by atoms with Crippen LogP contribution in [0.2, 0.25) is 0 Å². The van der Waals surface area contributed by atoms with Gasteiger partial charge in [-0.1, -0.05) is 12.1 Å². The Balaban J connectivity index is 2.60. The lowest BCUT2D eigenvalue weighted by Gasteiger charge is -2.17. The van der Waals surface area contributed by atoms with Gasteiger partial charge in [0, 0.05) is 18.8 Å². The van der Waals surface area contributed by atoms with Gasteiger partial charge in [0.1, 0.15) is 22.2 Å². The van der Waals surface area contributed by atoms with Crippen LogP contribution in [0, 0.1) is 0 Å². The predicted octanol–water partition coefficient (Wildman–Crippen LogP) is 2.46. The molecule has 1 aromatic carbocycles. The zero-order valence-corrected chi connectivity index (χ0v) is 16.5. The van der Waals surface area contributed by atoms with E-state index in [1.54, 1.807) is 0 Å². The summed E-state index contributed by atoms with van der Waals surface area (Å²) in [4.78, 5) is 4.24. The third kappa shape index (κ3) is 9.50. The molecule has 0 aliphatic rings. The number of nitrogens with one attached hydrogen (secondary N) is 2. The second kappa shape index (κ2) is 10.4. The molecule has 6 nitrogen and oxygen atoms in total. The molecular weight excluding hydrogens is 383 g/mol. The number of nitrogens with zero attached hydrogens (tertiary/aromatic N) is 1. The van der Waals surface area contributed by atoms with E-state index in [1.807, 2.05) is 13.8 Å². The summed E-state index contributed by atoms with van der Waals surface area (Å²) in [5, 5.41) is 6.06. The first-order valence-electron chi connectivity index (χ1n) is 8.54. The van der Waals surface area contributed by atoms with Crippen molar-refractivity contribution in [2.24, 2.45) is 4.99 Å². The maximum absolute atomic E-state index is 12.9. The van der Waals surface area contributed by atoms with Crippen molar-refractivity contribution in [1.29, 1.82) is 0 Å². The van der Waals surface area contributed by atoms with Crippen molar-refractivity contribution in [2.45, 2.75) is 32.5 Å². The van der Waals surface area contributed by atoms with Crippen molar-refractivity contribution in [3.8, 4) is 5.75 Å². The summed E-state index contributed by atoms with van der Waals surface area (Å²) in [5.74, 6) is 0.267. The predicted molar refractivity (Wildman–Crippen MR) is 99.8 cm³/mol. The molecule has 27 heavy (non-hydrogen) atoms. The van der Waals surface area contributed by atoms with Gasteiger partial charge in [0.2, 0.25) is 0 Å². The van der Waals surface area contributed by atoms with Crippen LogP contribution in [0.4, 0.5) is 13.2 Å². The molecule has 0 saturated carbocycles. The molecule has 0 aliphatic carbocycles. The topological polar surface area (TPSA) is 79.8 Å². The average molecular weight is 409 g/mol. The molecule has 0 heterocycles. The normalized spacial score (nSPS) is 13.9. The molecule has 10 heteroatoms. The SMILES string of the molecule is CCNC(=NCCOc1ccccc1C(F)(F)F)NC(C)CCS(C)(=O)=O. The molecule has 0 aromatic heterocycles. The molecule has 0 aliphatic heterocycles. The van der Waals surface area contributed by atoms with Crippen LogP contribution >= 0.6 is 0 Å². The second-order valence-electron chi connectivity index (χ2n) is 6.07. The van der Waals surface area contributed by atoms with E-state index in [0.717, 1.165) is 6.07 Å². The Morgan fingerprint density at radius 1 is 1.30 bits per heavy atom. The fraction of sp³-hybridized carbons (Fsp3) is 0.588. The molecule has 1 rings (SSSR count). The van der Waals surface area contributed by atoms with Crippen molar-refractivity contribution in [2.75, 3.05) is 31.7 Å². The van der Waals surface area contributed by atoms with Crippen LogP contribution in [0.3, 0.4) is 0 Å². The smallest absolute Gasteiger partial charge is 0.419 e. The first-order chi connectivity index (χ1) is 12.5. The summed E-state index contributed by atoms with van der Waals surface area (Å²) in [6.45, 7) is 4.40. The van der Waals surface area contributed by atoms with E-state index in [4.69, 9.17) is 4.74 Å². The van der Waals surface area contributed by atoms with Gasteiger partial charge < -0.3 is 15.4 Å². The lowest BCUT2D eigenvalue weighted by Crippen LogP contribution is -2.43. The van der Waals surface area contributed by atoms with Gasteiger partial charge in [-0.15, -0.1) is 0 Å². The Morgan fingerprint density at radius 3 is 2.56 bits per heavy atom. The average Bonchev–Trinajstić information content (AvgIpc) is 2.56. The Morgan fingerprint density at radius 2 is 1.96 bits per heavy atom. The molecule has 0 bridgehead atoms. The van der Waals surface area contributed by atoms with E-state index < -0.39 is 21.6 Å². The second-order valence-corrected chi connectivity index (χ2v) is 8.33. The Kier molecular flexibility index (Phi) is 8.87. The molecule has 0 spiro atoms. The van der Waals surface area contributed by atoms with Crippen LogP contribution < -0.4 is 15.4 Å². The van der Waals surface area contributed by atoms with E-state index in [1.165, 1.54) is 24.5 Å². The van der Waals surface area contributed by atoms with Gasteiger partial charge >= 0.3 is 6.18 Å². The van der Waals surface area contributed by atoms with Gasteiger partial charge in [-0.05, 0) is 32.4 Å². The van der Waals surface area contributed by atoms with E-state index in [-0.39, 0.29) is 30.7 Å². The number of ether oxygens (including phenoxy) is 1. The van der Waals surface area contributed by atoms with Gasteiger partial charge in [0.15, 0.2) is 5.96 Å². The molecule has 2 N–H and O–H groups in total. The molecule has 0 saturated heterocycles. The van der Waals surface area contributed by atoms with Crippen LogP contribution in [0.1, 0.15) is 25.8 Å². The first-order valence-corrected chi connectivity index (χ1v) is 10.6. The molecule has 1 unspecified atom stereocenters. The fourth-order valence-electron chi connectivity index (χ4n) is 2.16. The number of benzene rings is 1. The monoisotopic (exact) mass is 409 g/mol. The zero-order valence-electron chi connectivity index (χ0n) is 15.6. The van der Waals surface area contributed by atoms with Crippen LogP contribution in [0.5, 0.6) is 5.75 Å². The van der Waals surface area contributed by atoms with E-state index in [2.05, 4.69) is 15.6 Å². The molecule has 1 aromatic rings.